The summed E-state index contributed by atoms with van der Waals surface area (Å²) in [5, 5.41) is 11.8. The Morgan fingerprint density at radius 2 is 1.86 bits per heavy atom. The number of nitrogens with zero attached hydrogens (tertiary/aromatic N) is 2. The van der Waals surface area contributed by atoms with Crippen molar-refractivity contribution in [2.75, 3.05) is 0 Å². The molecular formula is C15H15F2N3O2. The van der Waals surface area contributed by atoms with E-state index in [1.165, 1.54) is 24.5 Å². The van der Waals surface area contributed by atoms with Crippen molar-refractivity contribution < 1.29 is 18.7 Å². The average Bonchev–Trinajstić information content (AvgIpc) is 2.45. The van der Waals surface area contributed by atoms with Crippen molar-refractivity contribution in [3.05, 3.63) is 59.2 Å². The minimum atomic E-state index is -1.14. The molecule has 1 aromatic carbocycles. The van der Waals surface area contributed by atoms with E-state index >= 15 is 0 Å². The normalized spacial score (nSPS) is 12.1. The van der Waals surface area contributed by atoms with E-state index in [4.69, 9.17) is 0 Å². The van der Waals surface area contributed by atoms with Crippen molar-refractivity contribution in [1.82, 2.24) is 15.3 Å². The van der Waals surface area contributed by atoms with E-state index < -0.39 is 23.6 Å². The lowest BCUT2D eigenvalue weighted by molar-refractivity contribution is -0.139. The number of carbonyl (C=O) groups is 1. The largest absolute Gasteiger partial charge is 0.480 e. The molecule has 1 aromatic heterocycles. The fourth-order valence-electron chi connectivity index (χ4n) is 1.99. The van der Waals surface area contributed by atoms with Crippen molar-refractivity contribution in [1.29, 1.82) is 0 Å². The molecule has 0 saturated heterocycles. The Bertz CT molecular complexity index is 642. The number of hydrogen-bond acceptors (Lipinski definition) is 4. The molecule has 0 spiro atoms. The number of aliphatic carboxylic acids is 1. The quantitative estimate of drug-likeness (QED) is 0.852. The number of rotatable bonds is 6. The molecule has 2 aromatic rings. The van der Waals surface area contributed by atoms with E-state index in [-0.39, 0.29) is 18.5 Å². The van der Waals surface area contributed by atoms with E-state index in [0.717, 1.165) is 0 Å². The lowest BCUT2D eigenvalue weighted by Gasteiger charge is -2.14. The zero-order valence-electron chi connectivity index (χ0n) is 11.9. The number of carboxylic acid groups (broad SMARTS) is 1. The molecule has 1 atom stereocenters. The van der Waals surface area contributed by atoms with Crippen LogP contribution in [0.4, 0.5) is 8.78 Å². The van der Waals surface area contributed by atoms with Crippen LogP contribution in [0.2, 0.25) is 0 Å². The topological polar surface area (TPSA) is 75.1 Å². The molecule has 0 amide bonds. The number of nitrogens with one attached hydrogen (secondary N) is 1. The Morgan fingerprint density at radius 3 is 2.41 bits per heavy atom. The lowest BCUT2D eigenvalue weighted by Crippen LogP contribution is -2.38. The number of aromatic nitrogens is 2. The summed E-state index contributed by atoms with van der Waals surface area (Å²) < 4.78 is 27.5. The van der Waals surface area contributed by atoms with Crippen LogP contribution in [-0.2, 0) is 17.8 Å². The van der Waals surface area contributed by atoms with Crippen LogP contribution in [-0.4, -0.2) is 27.1 Å². The Balaban J connectivity index is 2.08. The standard InChI is InChI=1S/C15H15F2N3O2/c1-9-5-11(16)10(12(17)6-9)8-20-13(15(21)22)7-14-18-3-2-4-19-14/h2-6,13,20H,7-8H2,1H3,(H,21,22). The Labute approximate surface area is 126 Å². The molecule has 7 heteroatoms. The molecule has 0 bridgehead atoms. The Kier molecular flexibility index (Phi) is 5.11. The van der Waals surface area contributed by atoms with Crippen LogP contribution in [0, 0.1) is 18.6 Å². The number of hydrogen-bond donors (Lipinski definition) is 2. The van der Waals surface area contributed by atoms with Gasteiger partial charge < -0.3 is 5.11 Å². The van der Waals surface area contributed by atoms with Crippen molar-refractivity contribution in [3.8, 4) is 0 Å². The molecule has 0 saturated carbocycles. The van der Waals surface area contributed by atoms with Gasteiger partial charge in [-0.1, -0.05) is 0 Å². The minimum Gasteiger partial charge on any atom is -0.480 e. The van der Waals surface area contributed by atoms with E-state index in [1.807, 2.05) is 0 Å². The summed E-state index contributed by atoms with van der Waals surface area (Å²) in [4.78, 5) is 19.1. The van der Waals surface area contributed by atoms with Crippen LogP contribution in [0.3, 0.4) is 0 Å². The van der Waals surface area contributed by atoms with Gasteiger partial charge in [0.15, 0.2) is 0 Å². The molecule has 2 rings (SSSR count). The molecule has 5 nitrogen and oxygen atoms in total. The monoisotopic (exact) mass is 307 g/mol. The van der Waals surface area contributed by atoms with Gasteiger partial charge in [-0.15, -0.1) is 0 Å². The van der Waals surface area contributed by atoms with E-state index in [9.17, 15) is 18.7 Å². The Morgan fingerprint density at radius 1 is 1.27 bits per heavy atom. The van der Waals surface area contributed by atoms with Crippen LogP contribution in [0.5, 0.6) is 0 Å². The molecule has 1 heterocycles. The summed E-state index contributed by atoms with van der Waals surface area (Å²) >= 11 is 0. The van der Waals surface area contributed by atoms with Crippen LogP contribution < -0.4 is 5.32 Å². The molecule has 22 heavy (non-hydrogen) atoms. The molecule has 2 N–H and O–H groups in total. The first-order chi connectivity index (χ1) is 10.5. The SMILES string of the molecule is Cc1cc(F)c(CNC(Cc2ncccn2)C(=O)O)c(F)c1. The van der Waals surface area contributed by atoms with Gasteiger partial charge >= 0.3 is 5.97 Å². The van der Waals surface area contributed by atoms with Gasteiger partial charge in [-0.3, -0.25) is 10.1 Å². The third-order valence-corrected chi connectivity index (χ3v) is 3.11. The highest BCUT2D eigenvalue weighted by atomic mass is 19.1. The van der Waals surface area contributed by atoms with Crippen LogP contribution >= 0.6 is 0 Å². The maximum Gasteiger partial charge on any atom is 0.321 e. The molecule has 0 fully saturated rings. The van der Waals surface area contributed by atoms with Crippen LogP contribution in [0.1, 0.15) is 17.0 Å². The average molecular weight is 307 g/mol. The van der Waals surface area contributed by atoms with Crippen molar-refractivity contribution in [2.24, 2.45) is 0 Å². The highest BCUT2D eigenvalue weighted by Gasteiger charge is 2.20. The third kappa shape index (κ3) is 4.05. The van der Waals surface area contributed by atoms with Crippen molar-refractivity contribution in [2.45, 2.75) is 25.9 Å². The third-order valence-electron chi connectivity index (χ3n) is 3.11. The summed E-state index contributed by atoms with van der Waals surface area (Å²) in [6, 6.07) is 2.98. The number of benzene rings is 1. The molecule has 0 aliphatic heterocycles. The van der Waals surface area contributed by atoms with Gasteiger partial charge in [0.25, 0.3) is 0 Å². The molecule has 116 valence electrons. The summed E-state index contributed by atoms with van der Waals surface area (Å²) in [6.07, 6.45) is 3.02. The summed E-state index contributed by atoms with van der Waals surface area (Å²) in [5.41, 5.74) is 0.275. The molecular weight excluding hydrogens is 292 g/mol. The lowest BCUT2D eigenvalue weighted by atomic mass is 10.1. The van der Waals surface area contributed by atoms with Crippen molar-refractivity contribution >= 4 is 5.97 Å². The van der Waals surface area contributed by atoms with E-state index in [2.05, 4.69) is 15.3 Å². The van der Waals surface area contributed by atoms with Gasteiger partial charge in [-0.05, 0) is 30.7 Å². The van der Waals surface area contributed by atoms with Gasteiger partial charge in [0, 0.05) is 30.9 Å². The van der Waals surface area contributed by atoms with Crippen LogP contribution in [0.15, 0.2) is 30.6 Å². The van der Waals surface area contributed by atoms with Gasteiger partial charge in [0.05, 0.1) is 0 Å². The summed E-state index contributed by atoms with van der Waals surface area (Å²) in [7, 11) is 0. The number of aryl methyl sites for hydroxylation is 1. The molecule has 1 unspecified atom stereocenters. The highest BCUT2D eigenvalue weighted by molar-refractivity contribution is 5.73. The molecule has 0 aliphatic rings. The smallest absolute Gasteiger partial charge is 0.321 e. The van der Waals surface area contributed by atoms with E-state index in [1.54, 1.807) is 13.0 Å². The predicted molar refractivity (Wildman–Crippen MR) is 75.1 cm³/mol. The molecule has 0 aliphatic carbocycles. The zero-order valence-corrected chi connectivity index (χ0v) is 11.9. The second-order valence-electron chi connectivity index (χ2n) is 4.85. The highest BCUT2D eigenvalue weighted by Crippen LogP contribution is 2.15. The molecule has 0 radical (unpaired) electrons. The fraction of sp³-hybridized carbons (Fsp3) is 0.267. The minimum absolute atomic E-state index is 0.0191. The van der Waals surface area contributed by atoms with Crippen molar-refractivity contribution in [3.63, 3.8) is 0 Å². The zero-order chi connectivity index (χ0) is 16.1. The maximum atomic E-state index is 13.7. The van der Waals surface area contributed by atoms with Crippen LogP contribution in [0.25, 0.3) is 0 Å². The van der Waals surface area contributed by atoms with Gasteiger partial charge in [0.1, 0.15) is 23.5 Å². The number of halogens is 2. The van der Waals surface area contributed by atoms with Gasteiger partial charge in [-0.25, -0.2) is 18.7 Å². The first-order valence-electron chi connectivity index (χ1n) is 6.64. The summed E-state index contributed by atoms with van der Waals surface area (Å²) in [6.45, 7) is 1.35. The predicted octanol–water partition coefficient (Wildman–Crippen LogP) is 1.85. The maximum absolute atomic E-state index is 13.7. The Hall–Kier alpha value is -2.41. The fourth-order valence-corrected chi connectivity index (χ4v) is 1.99. The number of carboxylic acids is 1. The first-order valence-corrected chi connectivity index (χ1v) is 6.64. The van der Waals surface area contributed by atoms with Gasteiger partial charge in [-0.2, -0.15) is 0 Å². The summed E-state index contributed by atoms with van der Waals surface area (Å²) in [5.74, 6) is -2.21. The van der Waals surface area contributed by atoms with Gasteiger partial charge in [0.2, 0.25) is 0 Å². The second kappa shape index (κ2) is 7.04. The second-order valence-corrected chi connectivity index (χ2v) is 4.85. The van der Waals surface area contributed by atoms with E-state index in [0.29, 0.717) is 11.4 Å². The first kappa shape index (κ1) is 16.0.